The highest BCUT2D eigenvalue weighted by Crippen LogP contribution is 2.22. The zero-order valence-corrected chi connectivity index (χ0v) is 13.8. The third-order valence-corrected chi connectivity index (χ3v) is 3.79. The molecule has 2 aromatic rings. The van der Waals surface area contributed by atoms with Crippen molar-refractivity contribution in [2.24, 2.45) is 5.84 Å². The molecule has 1 unspecified atom stereocenters. The fourth-order valence-corrected chi connectivity index (χ4v) is 2.68. The highest BCUT2D eigenvalue weighted by Gasteiger charge is 2.19. The molecule has 0 saturated heterocycles. The van der Waals surface area contributed by atoms with Gasteiger partial charge in [0.25, 0.3) is 0 Å². The average Bonchev–Trinajstić information content (AvgIpc) is 2.89. The molecule has 0 saturated carbocycles. The number of hydrazine groups is 1. The molecule has 6 heteroatoms. The van der Waals surface area contributed by atoms with Gasteiger partial charge in [-0.1, -0.05) is 20.8 Å². The maximum atomic E-state index is 5.50. The van der Waals surface area contributed by atoms with Crippen LogP contribution < -0.4 is 16.6 Å². The third kappa shape index (κ3) is 4.41. The lowest BCUT2D eigenvalue weighted by molar-refractivity contribution is 0.546. The normalized spacial score (nSPS) is 13.0. The summed E-state index contributed by atoms with van der Waals surface area (Å²) < 4.78 is 0. The molecule has 21 heavy (non-hydrogen) atoms. The lowest BCUT2D eigenvalue weighted by Crippen LogP contribution is -2.23. The zero-order valence-electron chi connectivity index (χ0n) is 13.0. The number of thiophene rings is 1. The van der Waals surface area contributed by atoms with E-state index in [0.29, 0.717) is 5.82 Å². The molecular weight excluding hydrogens is 282 g/mol. The molecule has 0 spiro atoms. The Morgan fingerprint density at radius 1 is 1.29 bits per heavy atom. The summed E-state index contributed by atoms with van der Waals surface area (Å²) in [5, 5.41) is 7.70. The summed E-state index contributed by atoms with van der Waals surface area (Å²) in [5.41, 5.74) is 3.82. The van der Waals surface area contributed by atoms with E-state index >= 15 is 0 Å². The summed E-state index contributed by atoms with van der Waals surface area (Å²) in [4.78, 5) is 9.03. The second-order valence-electron chi connectivity index (χ2n) is 6.24. The van der Waals surface area contributed by atoms with E-state index in [1.165, 1.54) is 5.56 Å². The van der Waals surface area contributed by atoms with E-state index in [1.807, 2.05) is 6.07 Å². The molecule has 0 bridgehead atoms. The highest BCUT2D eigenvalue weighted by molar-refractivity contribution is 7.07. The molecule has 0 aromatic carbocycles. The van der Waals surface area contributed by atoms with Gasteiger partial charge in [0, 0.05) is 17.5 Å². The SMILES string of the molecule is CC(Cc1ccsc1)Nc1cc(NN)nc(C(C)(C)C)n1. The number of nitrogens with zero attached hydrogens (tertiary/aromatic N) is 2. The van der Waals surface area contributed by atoms with Gasteiger partial charge in [-0.3, -0.25) is 0 Å². The van der Waals surface area contributed by atoms with Crippen LogP contribution in [0.1, 0.15) is 39.1 Å². The molecule has 0 radical (unpaired) electrons. The van der Waals surface area contributed by atoms with Crippen LogP contribution in [0.15, 0.2) is 22.9 Å². The number of nitrogen functional groups attached to an aromatic ring is 1. The molecule has 1 atom stereocenters. The van der Waals surface area contributed by atoms with Crippen LogP contribution >= 0.6 is 11.3 Å². The van der Waals surface area contributed by atoms with Crippen molar-refractivity contribution in [1.29, 1.82) is 0 Å². The van der Waals surface area contributed by atoms with Crippen LogP contribution in [0.3, 0.4) is 0 Å². The predicted octanol–water partition coefficient (Wildman–Crippen LogP) is 3.16. The second-order valence-corrected chi connectivity index (χ2v) is 7.02. The van der Waals surface area contributed by atoms with Crippen molar-refractivity contribution in [2.75, 3.05) is 10.7 Å². The van der Waals surface area contributed by atoms with Gasteiger partial charge in [0.2, 0.25) is 0 Å². The largest absolute Gasteiger partial charge is 0.367 e. The molecular formula is C15H23N5S. The topological polar surface area (TPSA) is 75.9 Å². The Bertz CT molecular complexity index is 574. The van der Waals surface area contributed by atoms with E-state index in [9.17, 15) is 0 Å². The maximum Gasteiger partial charge on any atom is 0.145 e. The van der Waals surface area contributed by atoms with Gasteiger partial charge in [-0.2, -0.15) is 11.3 Å². The van der Waals surface area contributed by atoms with Gasteiger partial charge in [-0.05, 0) is 35.7 Å². The molecule has 0 fully saturated rings. The number of anilines is 2. The lowest BCUT2D eigenvalue weighted by atomic mass is 9.96. The van der Waals surface area contributed by atoms with Gasteiger partial charge < -0.3 is 10.7 Å². The number of nitrogens with two attached hydrogens (primary N) is 1. The van der Waals surface area contributed by atoms with Crippen LogP contribution in [0.5, 0.6) is 0 Å². The minimum atomic E-state index is -0.125. The van der Waals surface area contributed by atoms with Gasteiger partial charge in [-0.25, -0.2) is 15.8 Å². The molecule has 2 rings (SSSR count). The standard InChI is InChI=1S/C15H23N5S/c1-10(7-11-5-6-21-9-11)17-12-8-13(20-16)19-14(18-12)15(2,3)4/h5-6,8-10H,7,16H2,1-4H3,(H2,17,18,19,20). The van der Waals surface area contributed by atoms with Crippen molar-refractivity contribution in [1.82, 2.24) is 9.97 Å². The number of rotatable bonds is 5. The minimum absolute atomic E-state index is 0.125. The van der Waals surface area contributed by atoms with E-state index in [0.717, 1.165) is 18.1 Å². The van der Waals surface area contributed by atoms with Crippen LogP contribution in [0.4, 0.5) is 11.6 Å². The van der Waals surface area contributed by atoms with Crippen LogP contribution in [-0.2, 0) is 11.8 Å². The van der Waals surface area contributed by atoms with Crippen molar-refractivity contribution in [3.8, 4) is 0 Å². The first kappa shape index (κ1) is 15.7. The molecule has 0 aliphatic heterocycles. The van der Waals surface area contributed by atoms with Gasteiger partial charge in [-0.15, -0.1) is 0 Å². The minimum Gasteiger partial charge on any atom is -0.367 e. The number of hydrogen-bond donors (Lipinski definition) is 3. The molecule has 114 valence electrons. The Morgan fingerprint density at radius 3 is 2.57 bits per heavy atom. The molecule has 0 amide bonds. The van der Waals surface area contributed by atoms with Crippen molar-refractivity contribution in [3.63, 3.8) is 0 Å². The van der Waals surface area contributed by atoms with Crippen LogP contribution in [0.25, 0.3) is 0 Å². The van der Waals surface area contributed by atoms with Crippen LogP contribution in [0.2, 0.25) is 0 Å². The molecule has 2 heterocycles. The van der Waals surface area contributed by atoms with Crippen molar-refractivity contribution < 1.29 is 0 Å². The Balaban J connectivity index is 2.15. The molecule has 5 nitrogen and oxygen atoms in total. The first-order chi connectivity index (χ1) is 9.88. The predicted molar refractivity (Wildman–Crippen MR) is 89.6 cm³/mol. The van der Waals surface area contributed by atoms with E-state index in [1.54, 1.807) is 11.3 Å². The Hall–Kier alpha value is -1.66. The first-order valence-corrected chi connectivity index (χ1v) is 7.96. The quantitative estimate of drug-likeness (QED) is 0.584. The summed E-state index contributed by atoms with van der Waals surface area (Å²) >= 11 is 1.72. The zero-order chi connectivity index (χ0) is 15.5. The van der Waals surface area contributed by atoms with Gasteiger partial charge in [0.1, 0.15) is 17.5 Å². The summed E-state index contributed by atoms with van der Waals surface area (Å²) in [6.45, 7) is 8.40. The Labute approximate surface area is 130 Å². The Morgan fingerprint density at radius 2 is 2.00 bits per heavy atom. The fraction of sp³-hybridized carbons (Fsp3) is 0.467. The average molecular weight is 305 g/mol. The third-order valence-electron chi connectivity index (χ3n) is 3.06. The van der Waals surface area contributed by atoms with E-state index in [4.69, 9.17) is 5.84 Å². The Kier molecular flexibility index (Phi) is 4.80. The van der Waals surface area contributed by atoms with Gasteiger partial charge in [0.05, 0.1) is 0 Å². The van der Waals surface area contributed by atoms with Gasteiger partial charge in [0.15, 0.2) is 0 Å². The highest BCUT2D eigenvalue weighted by atomic mass is 32.1. The number of aromatic nitrogens is 2. The summed E-state index contributed by atoms with van der Waals surface area (Å²) in [6, 6.07) is 4.27. The van der Waals surface area contributed by atoms with Crippen LogP contribution in [0, 0.1) is 0 Å². The second kappa shape index (κ2) is 6.41. The van der Waals surface area contributed by atoms with Gasteiger partial charge >= 0.3 is 0 Å². The summed E-state index contributed by atoms with van der Waals surface area (Å²) in [6.07, 6.45) is 0.962. The monoisotopic (exact) mass is 305 g/mol. The van der Waals surface area contributed by atoms with E-state index in [-0.39, 0.29) is 11.5 Å². The first-order valence-electron chi connectivity index (χ1n) is 7.02. The molecule has 0 aliphatic rings. The van der Waals surface area contributed by atoms with Crippen LogP contribution in [-0.4, -0.2) is 16.0 Å². The number of nitrogens with one attached hydrogen (secondary N) is 2. The fourth-order valence-electron chi connectivity index (χ4n) is 2.00. The summed E-state index contributed by atoms with van der Waals surface area (Å²) in [5.74, 6) is 7.69. The number of hydrogen-bond acceptors (Lipinski definition) is 6. The molecule has 0 aliphatic carbocycles. The lowest BCUT2D eigenvalue weighted by Gasteiger charge is -2.20. The summed E-state index contributed by atoms with van der Waals surface area (Å²) in [7, 11) is 0. The van der Waals surface area contributed by atoms with E-state index < -0.39 is 0 Å². The van der Waals surface area contributed by atoms with E-state index in [2.05, 4.69) is 65.2 Å². The van der Waals surface area contributed by atoms with Crippen molar-refractivity contribution >= 4 is 23.0 Å². The smallest absolute Gasteiger partial charge is 0.145 e. The molecule has 2 aromatic heterocycles. The van der Waals surface area contributed by atoms with Crippen molar-refractivity contribution in [2.45, 2.75) is 45.6 Å². The maximum absolute atomic E-state index is 5.50. The van der Waals surface area contributed by atoms with Crippen molar-refractivity contribution in [3.05, 3.63) is 34.3 Å². The molecule has 4 N–H and O–H groups in total.